The minimum Gasteiger partial charge on any atom is -0.478 e. The van der Waals surface area contributed by atoms with Gasteiger partial charge >= 0.3 is 0 Å². The molecule has 3 rings (SSSR count). The smallest absolute Gasteiger partial charge is 0.273 e. The quantitative estimate of drug-likeness (QED) is 0.636. The second kappa shape index (κ2) is 6.31. The van der Waals surface area contributed by atoms with E-state index in [0.717, 1.165) is 5.56 Å². The molecule has 6 heteroatoms. The van der Waals surface area contributed by atoms with Crippen LogP contribution in [0, 0.1) is 16.0 Å². The monoisotopic (exact) mass is 326 g/mol. The zero-order chi connectivity index (χ0) is 17.3. The lowest BCUT2D eigenvalue weighted by atomic mass is 10.0. The zero-order valence-corrected chi connectivity index (χ0v) is 13.5. The number of anilines is 1. The van der Waals surface area contributed by atoms with E-state index in [2.05, 4.69) is 0 Å². The Morgan fingerprint density at radius 3 is 2.54 bits per heavy atom. The van der Waals surface area contributed by atoms with Gasteiger partial charge in [-0.25, -0.2) is 0 Å². The fraction of sp³-hybridized carbons (Fsp3) is 0.278. The highest BCUT2D eigenvalue weighted by Gasteiger charge is 2.37. The van der Waals surface area contributed by atoms with Gasteiger partial charge < -0.3 is 9.64 Å². The molecule has 2 aromatic carbocycles. The number of nitrogens with zero attached hydrogens (tertiary/aromatic N) is 2. The van der Waals surface area contributed by atoms with Crippen molar-refractivity contribution in [2.45, 2.75) is 26.5 Å². The molecule has 1 heterocycles. The van der Waals surface area contributed by atoms with Crippen LogP contribution < -0.4 is 9.64 Å². The third-order valence-corrected chi connectivity index (χ3v) is 4.00. The maximum Gasteiger partial charge on any atom is 0.273 e. The van der Waals surface area contributed by atoms with Crippen LogP contribution in [-0.2, 0) is 11.3 Å². The Morgan fingerprint density at radius 2 is 1.92 bits per heavy atom. The van der Waals surface area contributed by atoms with Gasteiger partial charge in [0.2, 0.25) is 0 Å². The number of nitro benzene ring substituents is 1. The minimum absolute atomic E-state index is 0.0387. The Hall–Kier alpha value is -2.89. The molecule has 0 aliphatic carbocycles. The molecule has 124 valence electrons. The predicted molar refractivity (Wildman–Crippen MR) is 90.0 cm³/mol. The summed E-state index contributed by atoms with van der Waals surface area (Å²) in [7, 11) is 0. The lowest BCUT2D eigenvalue weighted by Gasteiger charge is -2.35. The van der Waals surface area contributed by atoms with Crippen molar-refractivity contribution in [3.8, 4) is 5.75 Å². The number of ether oxygens (including phenoxy) is 1. The molecule has 0 fully saturated rings. The van der Waals surface area contributed by atoms with Crippen molar-refractivity contribution in [2.75, 3.05) is 4.90 Å². The van der Waals surface area contributed by atoms with Crippen molar-refractivity contribution in [2.24, 2.45) is 5.92 Å². The van der Waals surface area contributed by atoms with Crippen molar-refractivity contribution in [1.82, 2.24) is 0 Å². The van der Waals surface area contributed by atoms with E-state index in [1.807, 2.05) is 44.2 Å². The molecule has 0 saturated heterocycles. The summed E-state index contributed by atoms with van der Waals surface area (Å²) in [5.41, 5.74) is 1.50. The van der Waals surface area contributed by atoms with E-state index in [9.17, 15) is 14.9 Å². The first-order chi connectivity index (χ1) is 11.5. The van der Waals surface area contributed by atoms with E-state index >= 15 is 0 Å². The topological polar surface area (TPSA) is 72.7 Å². The van der Waals surface area contributed by atoms with Gasteiger partial charge in [-0.15, -0.1) is 0 Å². The van der Waals surface area contributed by atoms with Crippen LogP contribution in [0.25, 0.3) is 0 Å². The highest BCUT2D eigenvalue weighted by molar-refractivity contribution is 6.00. The summed E-state index contributed by atoms with van der Waals surface area (Å²) >= 11 is 0. The number of hydrogen-bond acceptors (Lipinski definition) is 4. The van der Waals surface area contributed by atoms with Gasteiger partial charge in [-0.05, 0) is 17.5 Å². The summed E-state index contributed by atoms with van der Waals surface area (Å²) in [5.74, 6) is 0.205. The summed E-state index contributed by atoms with van der Waals surface area (Å²) in [6, 6.07) is 14.0. The van der Waals surface area contributed by atoms with Crippen LogP contribution in [0.4, 0.5) is 11.4 Å². The van der Waals surface area contributed by atoms with Crippen molar-refractivity contribution in [3.63, 3.8) is 0 Å². The predicted octanol–water partition coefficient (Wildman–Crippen LogP) is 3.55. The lowest BCUT2D eigenvalue weighted by molar-refractivity contribution is -0.384. The molecule has 0 N–H and O–H groups in total. The Balaban J connectivity index is 2.03. The zero-order valence-electron chi connectivity index (χ0n) is 13.5. The van der Waals surface area contributed by atoms with E-state index in [1.165, 1.54) is 12.1 Å². The van der Waals surface area contributed by atoms with Crippen molar-refractivity contribution in [3.05, 3.63) is 64.2 Å². The fourth-order valence-corrected chi connectivity index (χ4v) is 2.74. The molecule has 2 aromatic rings. The first-order valence-corrected chi connectivity index (χ1v) is 7.78. The molecule has 0 spiro atoms. The van der Waals surface area contributed by atoms with Crippen molar-refractivity contribution < 1.29 is 14.5 Å². The van der Waals surface area contributed by atoms with Gasteiger partial charge in [-0.1, -0.05) is 44.2 Å². The van der Waals surface area contributed by atoms with E-state index in [0.29, 0.717) is 18.0 Å². The number of rotatable bonds is 4. The number of carbonyl (C=O) groups is 1. The first kappa shape index (κ1) is 16.0. The summed E-state index contributed by atoms with van der Waals surface area (Å²) in [6.45, 7) is 4.19. The third kappa shape index (κ3) is 2.95. The molecular formula is C18H18N2O4. The Kier molecular flexibility index (Phi) is 4.20. The normalized spacial score (nSPS) is 16.7. The van der Waals surface area contributed by atoms with E-state index in [4.69, 9.17) is 4.74 Å². The fourth-order valence-electron chi connectivity index (χ4n) is 2.74. The van der Waals surface area contributed by atoms with Crippen LogP contribution in [0.3, 0.4) is 0 Å². The Labute approximate surface area is 139 Å². The van der Waals surface area contributed by atoms with Gasteiger partial charge in [0.05, 0.1) is 23.2 Å². The molecule has 0 aromatic heterocycles. The molecule has 1 unspecified atom stereocenters. The van der Waals surface area contributed by atoms with Crippen molar-refractivity contribution in [1.29, 1.82) is 0 Å². The van der Waals surface area contributed by atoms with E-state index in [1.54, 1.807) is 11.0 Å². The molecular weight excluding hydrogens is 308 g/mol. The molecule has 1 amide bonds. The third-order valence-electron chi connectivity index (χ3n) is 4.00. The van der Waals surface area contributed by atoms with Crippen LogP contribution in [0.2, 0.25) is 0 Å². The Bertz CT molecular complexity index is 774. The van der Waals surface area contributed by atoms with Crippen LogP contribution in [0.5, 0.6) is 5.75 Å². The number of amides is 1. The molecule has 1 atom stereocenters. The number of fused-ring (bicyclic) bond motifs is 1. The van der Waals surface area contributed by atoms with Gasteiger partial charge in [0, 0.05) is 6.07 Å². The largest absolute Gasteiger partial charge is 0.478 e. The molecule has 24 heavy (non-hydrogen) atoms. The molecule has 1 aliphatic heterocycles. The van der Waals surface area contributed by atoms with Gasteiger partial charge in [0.25, 0.3) is 11.6 Å². The van der Waals surface area contributed by atoms with Gasteiger partial charge in [-0.3, -0.25) is 14.9 Å². The number of nitro groups is 1. The van der Waals surface area contributed by atoms with Crippen LogP contribution in [-0.4, -0.2) is 16.9 Å². The van der Waals surface area contributed by atoms with Gasteiger partial charge in [0.1, 0.15) is 0 Å². The summed E-state index contributed by atoms with van der Waals surface area (Å²) in [4.78, 5) is 25.0. The molecule has 0 radical (unpaired) electrons. The highest BCUT2D eigenvalue weighted by Crippen LogP contribution is 2.39. The molecule has 0 bridgehead atoms. The second-order valence-corrected chi connectivity index (χ2v) is 6.10. The number of benzene rings is 2. The standard InChI is InChI=1S/C18H18N2O4/c1-12(2)17-18(21)19(11-13-6-4-3-5-7-13)15-9-8-14(20(22)23)10-16(15)24-17/h3-10,12,17H,11H2,1-2H3. The first-order valence-electron chi connectivity index (χ1n) is 7.78. The van der Waals surface area contributed by atoms with E-state index < -0.39 is 11.0 Å². The minimum atomic E-state index is -0.650. The average molecular weight is 326 g/mol. The van der Waals surface area contributed by atoms with Crippen molar-refractivity contribution >= 4 is 17.3 Å². The number of non-ortho nitro benzene ring substituents is 1. The Morgan fingerprint density at radius 1 is 1.21 bits per heavy atom. The summed E-state index contributed by atoms with van der Waals surface area (Å²) in [6.07, 6.45) is -0.650. The van der Waals surface area contributed by atoms with Crippen LogP contribution in [0.1, 0.15) is 19.4 Å². The summed E-state index contributed by atoms with van der Waals surface area (Å²) in [5, 5.41) is 11.0. The second-order valence-electron chi connectivity index (χ2n) is 6.10. The highest BCUT2D eigenvalue weighted by atomic mass is 16.6. The lowest BCUT2D eigenvalue weighted by Crippen LogP contribution is -2.48. The molecule has 6 nitrogen and oxygen atoms in total. The summed E-state index contributed by atoms with van der Waals surface area (Å²) < 4.78 is 5.77. The maximum atomic E-state index is 12.8. The SMILES string of the molecule is CC(C)C1Oc2cc([N+](=O)[O-])ccc2N(Cc2ccccc2)C1=O. The molecule has 0 saturated carbocycles. The van der Waals surface area contributed by atoms with Gasteiger partial charge in [-0.2, -0.15) is 0 Å². The van der Waals surface area contributed by atoms with Crippen LogP contribution in [0.15, 0.2) is 48.5 Å². The average Bonchev–Trinajstić information content (AvgIpc) is 2.57. The molecule has 1 aliphatic rings. The number of carbonyl (C=O) groups excluding carboxylic acids is 1. The maximum absolute atomic E-state index is 12.8. The van der Waals surface area contributed by atoms with Gasteiger partial charge in [0.15, 0.2) is 11.9 Å². The van der Waals surface area contributed by atoms with E-state index in [-0.39, 0.29) is 17.5 Å². The number of hydrogen-bond donors (Lipinski definition) is 0. The van der Waals surface area contributed by atoms with Crippen LogP contribution >= 0.6 is 0 Å².